The first kappa shape index (κ1) is 24.6. The number of alkyl halides is 6. The van der Waals surface area contributed by atoms with Gasteiger partial charge in [0.2, 0.25) is 0 Å². The molecular formula is C11H16F6O4S2. The largest absolute Gasteiger partial charge is 0.468 e. The highest BCUT2D eigenvalue weighted by Crippen LogP contribution is 2.34. The Hall–Kier alpha value is -0.650. The molecule has 0 aliphatic carbocycles. The molecule has 0 saturated heterocycles. The standard InChI is InChI=1S/C11H16F6O2S2.O2/c1-19-9(18)7(21-6-5-10(12,13)14)3-4-8(20-2)11(15,16)17;1-2/h7-8H,3-6H2,1-2H3;. The molecule has 0 aliphatic heterocycles. The SMILES string of the molecule is COC(=O)C(CCC(SC)C(F)(F)F)SCCC(F)(F)F.O=O. The Labute approximate surface area is 137 Å². The van der Waals surface area contributed by atoms with Crippen molar-refractivity contribution in [2.45, 2.75) is 42.1 Å². The second-order valence-corrected chi connectivity index (χ2v) is 6.44. The van der Waals surface area contributed by atoms with E-state index >= 15 is 0 Å². The van der Waals surface area contributed by atoms with Crippen molar-refractivity contribution in [1.29, 1.82) is 0 Å². The van der Waals surface area contributed by atoms with Gasteiger partial charge in [0.25, 0.3) is 0 Å². The first-order valence-electron chi connectivity index (χ1n) is 6.03. The van der Waals surface area contributed by atoms with Crippen LogP contribution in [-0.2, 0) is 9.53 Å². The molecule has 0 radical (unpaired) electrons. The van der Waals surface area contributed by atoms with Crippen molar-refractivity contribution in [3.8, 4) is 0 Å². The summed E-state index contributed by atoms with van der Waals surface area (Å²) in [5, 5.41) is -2.66. The van der Waals surface area contributed by atoms with Crippen LogP contribution in [0.2, 0.25) is 0 Å². The second kappa shape index (κ2) is 11.8. The number of methoxy groups -OCH3 is 1. The third-order valence-corrected chi connectivity index (χ3v) is 4.85. The van der Waals surface area contributed by atoms with Crippen LogP contribution >= 0.6 is 23.5 Å². The third kappa shape index (κ3) is 12.4. The Morgan fingerprint density at radius 3 is 1.96 bits per heavy atom. The van der Waals surface area contributed by atoms with Crippen molar-refractivity contribution in [2.24, 2.45) is 0 Å². The summed E-state index contributed by atoms with van der Waals surface area (Å²) in [5.74, 6) is -1.19. The van der Waals surface area contributed by atoms with E-state index in [4.69, 9.17) is 9.93 Å². The van der Waals surface area contributed by atoms with Gasteiger partial charge in [0.1, 0.15) is 10.5 Å². The minimum Gasteiger partial charge on any atom is -0.468 e. The molecule has 0 rings (SSSR count). The lowest BCUT2D eigenvalue weighted by Crippen LogP contribution is -2.28. The van der Waals surface area contributed by atoms with Crippen molar-refractivity contribution in [1.82, 2.24) is 0 Å². The van der Waals surface area contributed by atoms with E-state index in [1.54, 1.807) is 0 Å². The summed E-state index contributed by atoms with van der Waals surface area (Å²) in [6.07, 6.45) is -9.10. The van der Waals surface area contributed by atoms with Gasteiger partial charge in [0.15, 0.2) is 0 Å². The summed E-state index contributed by atoms with van der Waals surface area (Å²) in [5.41, 5.74) is 0. The van der Waals surface area contributed by atoms with E-state index in [9.17, 15) is 31.1 Å². The molecule has 0 aliphatic rings. The first-order valence-corrected chi connectivity index (χ1v) is 8.37. The van der Waals surface area contributed by atoms with Crippen LogP contribution < -0.4 is 0 Å². The number of hydrogen-bond donors (Lipinski definition) is 0. The fraction of sp³-hybridized carbons (Fsp3) is 0.909. The monoisotopic (exact) mass is 390 g/mol. The van der Waals surface area contributed by atoms with E-state index in [1.165, 1.54) is 6.26 Å². The van der Waals surface area contributed by atoms with Crippen molar-refractivity contribution in [3.05, 3.63) is 9.93 Å². The molecular weight excluding hydrogens is 374 g/mol. The van der Waals surface area contributed by atoms with Crippen LogP contribution in [0.4, 0.5) is 26.3 Å². The molecule has 0 bridgehead atoms. The summed E-state index contributed by atoms with van der Waals surface area (Å²) in [4.78, 5) is 25.4. The Kier molecular flexibility index (Phi) is 12.6. The van der Waals surface area contributed by atoms with E-state index in [1.807, 2.05) is 0 Å². The normalized spacial score (nSPS) is 14.4. The molecule has 0 spiro atoms. The van der Waals surface area contributed by atoms with Crippen LogP contribution in [0.15, 0.2) is 0 Å². The maximum Gasteiger partial charge on any atom is 0.400 e. The molecule has 4 nitrogen and oxygen atoms in total. The van der Waals surface area contributed by atoms with E-state index in [2.05, 4.69) is 4.74 Å². The lowest BCUT2D eigenvalue weighted by atomic mass is 10.2. The molecule has 12 heteroatoms. The van der Waals surface area contributed by atoms with Crippen LogP contribution in [0, 0.1) is 9.93 Å². The summed E-state index contributed by atoms with van der Waals surface area (Å²) >= 11 is 1.27. The van der Waals surface area contributed by atoms with Gasteiger partial charge in [-0.15, -0.1) is 11.8 Å². The zero-order valence-electron chi connectivity index (χ0n) is 12.2. The zero-order valence-corrected chi connectivity index (χ0v) is 13.8. The molecule has 0 N–H and O–H groups in total. The average molecular weight is 390 g/mol. The molecule has 0 fully saturated rings. The van der Waals surface area contributed by atoms with Gasteiger partial charge in [-0.05, 0) is 19.1 Å². The van der Waals surface area contributed by atoms with Gasteiger partial charge >= 0.3 is 18.3 Å². The number of carbonyl (C=O) groups is 1. The third-order valence-electron chi connectivity index (χ3n) is 2.51. The van der Waals surface area contributed by atoms with Crippen LogP contribution in [0.25, 0.3) is 0 Å². The fourth-order valence-electron chi connectivity index (χ4n) is 1.44. The lowest BCUT2D eigenvalue weighted by Gasteiger charge is -2.20. The Bertz CT molecular complexity index is 337. The van der Waals surface area contributed by atoms with Crippen LogP contribution in [0.1, 0.15) is 19.3 Å². The smallest absolute Gasteiger partial charge is 0.400 e. The average Bonchev–Trinajstić information content (AvgIpc) is 2.44. The molecule has 23 heavy (non-hydrogen) atoms. The number of ether oxygens (including phenoxy) is 1. The Morgan fingerprint density at radius 2 is 1.61 bits per heavy atom. The topological polar surface area (TPSA) is 60.4 Å². The molecule has 0 saturated carbocycles. The quantitative estimate of drug-likeness (QED) is 0.454. The number of carbonyl (C=O) groups excluding carboxylic acids is 1. The van der Waals surface area contributed by atoms with E-state index in [0.29, 0.717) is 23.5 Å². The number of esters is 1. The maximum atomic E-state index is 12.6. The first-order chi connectivity index (χ1) is 10.5. The van der Waals surface area contributed by atoms with Gasteiger partial charge < -0.3 is 4.74 Å². The van der Waals surface area contributed by atoms with E-state index < -0.39 is 35.2 Å². The number of halogens is 6. The van der Waals surface area contributed by atoms with Crippen LogP contribution in [0.3, 0.4) is 0 Å². The minimum atomic E-state index is -4.41. The van der Waals surface area contributed by atoms with Crippen molar-refractivity contribution in [2.75, 3.05) is 19.1 Å². The van der Waals surface area contributed by atoms with Crippen molar-refractivity contribution < 1.29 is 35.9 Å². The molecule has 0 aromatic carbocycles. The van der Waals surface area contributed by atoms with Crippen molar-refractivity contribution in [3.63, 3.8) is 0 Å². The van der Waals surface area contributed by atoms with Gasteiger partial charge in [-0.3, -0.25) is 4.79 Å². The molecule has 2 unspecified atom stereocenters. The molecule has 0 aromatic heterocycles. The summed E-state index contributed by atoms with van der Waals surface area (Å²) in [6.45, 7) is 0. The highest BCUT2D eigenvalue weighted by atomic mass is 32.2. The van der Waals surface area contributed by atoms with Gasteiger partial charge in [0, 0.05) is 15.7 Å². The summed E-state index contributed by atoms with van der Waals surface area (Å²) < 4.78 is 78.2. The van der Waals surface area contributed by atoms with Crippen LogP contribution in [-0.4, -0.2) is 47.9 Å². The molecule has 138 valence electrons. The maximum absolute atomic E-state index is 12.6. The second-order valence-electron chi connectivity index (χ2n) is 4.09. The Balaban J connectivity index is 0. The molecule has 0 amide bonds. The molecule has 0 heterocycles. The van der Waals surface area contributed by atoms with Crippen LogP contribution in [0.5, 0.6) is 0 Å². The number of hydrogen-bond acceptors (Lipinski definition) is 6. The fourth-order valence-corrected chi connectivity index (χ4v) is 3.24. The van der Waals surface area contributed by atoms with Gasteiger partial charge in [0.05, 0.1) is 13.5 Å². The highest BCUT2D eigenvalue weighted by Gasteiger charge is 2.39. The lowest BCUT2D eigenvalue weighted by molar-refractivity contribution is -0.141. The summed E-state index contributed by atoms with van der Waals surface area (Å²) in [6, 6.07) is 0. The predicted octanol–water partition coefficient (Wildman–Crippen LogP) is 4.35. The number of rotatable bonds is 8. The Morgan fingerprint density at radius 1 is 1.09 bits per heavy atom. The van der Waals surface area contributed by atoms with Gasteiger partial charge in [-0.1, -0.05) is 0 Å². The minimum absolute atomic E-state index is 0.180. The van der Waals surface area contributed by atoms with E-state index in [-0.39, 0.29) is 18.6 Å². The predicted molar refractivity (Wildman–Crippen MR) is 78.3 cm³/mol. The van der Waals surface area contributed by atoms with Gasteiger partial charge in [-0.25, -0.2) is 0 Å². The number of thioether (sulfide) groups is 2. The van der Waals surface area contributed by atoms with Crippen molar-refractivity contribution >= 4 is 29.5 Å². The van der Waals surface area contributed by atoms with E-state index in [0.717, 1.165) is 7.11 Å². The molecule has 0 aromatic rings. The summed E-state index contributed by atoms with van der Waals surface area (Å²) in [7, 11) is 1.05. The highest BCUT2D eigenvalue weighted by molar-refractivity contribution is 8.00. The zero-order chi connectivity index (χ0) is 18.7. The van der Waals surface area contributed by atoms with Gasteiger partial charge in [-0.2, -0.15) is 38.1 Å². The molecule has 2 atom stereocenters.